The smallest absolute Gasteiger partial charge is 0.416 e. The molecule has 3 aromatic heterocycles. The predicted octanol–water partition coefficient (Wildman–Crippen LogP) is 6.60. The van der Waals surface area contributed by atoms with Crippen molar-refractivity contribution in [2.24, 2.45) is 0 Å². The molecule has 0 saturated carbocycles. The van der Waals surface area contributed by atoms with Gasteiger partial charge in [-0.1, -0.05) is 49.7 Å². The number of aromatic nitrogens is 3. The summed E-state index contributed by atoms with van der Waals surface area (Å²) in [6.07, 6.45) is 1.64. The van der Waals surface area contributed by atoms with Crippen LogP contribution < -0.4 is 14.8 Å². The molecule has 0 saturated heterocycles. The first-order valence-electron chi connectivity index (χ1n) is 12.2. The second-order valence-electron chi connectivity index (χ2n) is 8.76. The molecule has 0 unspecified atom stereocenters. The molecule has 196 valence electrons. The maximum atomic E-state index is 13.0. The van der Waals surface area contributed by atoms with E-state index in [9.17, 15) is 18.0 Å². The zero-order valence-electron chi connectivity index (χ0n) is 20.5. The van der Waals surface area contributed by atoms with Crippen molar-refractivity contribution in [1.82, 2.24) is 14.6 Å². The lowest BCUT2D eigenvalue weighted by molar-refractivity contribution is -0.137. The summed E-state index contributed by atoms with van der Waals surface area (Å²) in [5.41, 5.74) is -0.0551. The highest BCUT2D eigenvalue weighted by molar-refractivity contribution is 7.15. The highest BCUT2D eigenvalue weighted by Crippen LogP contribution is 2.32. The number of hydrogen-bond acceptors (Lipinski definition) is 6. The van der Waals surface area contributed by atoms with E-state index < -0.39 is 11.7 Å². The van der Waals surface area contributed by atoms with Gasteiger partial charge in [0.05, 0.1) is 12.2 Å². The van der Waals surface area contributed by atoms with Crippen LogP contribution >= 0.6 is 11.3 Å². The molecule has 0 spiro atoms. The molecule has 0 aliphatic rings. The number of unbranched alkanes of at least 4 members (excludes halogenated alkanes) is 3. The van der Waals surface area contributed by atoms with Gasteiger partial charge < -0.3 is 9.15 Å². The van der Waals surface area contributed by atoms with Crippen LogP contribution in [0.3, 0.4) is 0 Å². The van der Waals surface area contributed by atoms with Gasteiger partial charge in [0.2, 0.25) is 4.96 Å². The van der Waals surface area contributed by atoms with E-state index in [0.29, 0.717) is 33.2 Å². The molecular formula is C28H24F3N3O3S. The molecule has 38 heavy (non-hydrogen) atoms. The highest BCUT2D eigenvalue weighted by atomic mass is 32.1. The Morgan fingerprint density at radius 2 is 1.84 bits per heavy atom. The molecule has 3 heterocycles. The van der Waals surface area contributed by atoms with E-state index in [0.717, 1.165) is 47.6 Å². The Morgan fingerprint density at radius 3 is 2.58 bits per heavy atom. The quantitative estimate of drug-likeness (QED) is 0.197. The number of ether oxygens (including phenoxy) is 1. The van der Waals surface area contributed by atoms with E-state index >= 15 is 0 Å². The van der Waals surface area contributed by atoms with Gasteiger partial charge in [0.25, 0.3) is 5.56 Å². The standard InChI is InChI=1S/C28H24F3N3O3S/c1-2-3-4-5-15-36-21-11-9-18(10-12-21)25-32-27-34(33-25)26(35)24(38-27)17-22-13-14-23(37-22)19-7-6-8-20(16-19)28(29,30)31/h6-14,16-17H,2-5,15H2,1H3. The number of thiazole rings is 1. The zero-order chi connectivity index (χ0) is 26.7. The number of fused-ring (bicyclic) bond motifs is 1. The van der Waals surface area contributed by atoms with Gasteiger partial charge in [-0.15, -0.1) is 5.10 Å². The molecule has 0 radical (unpaired) electrons. The van der Waals surface area contributed by atoms with Crippen LogP contribution in [0.1, 0.15) is 43.9 Å². The zero-order valence-corrected chi connectivity index (χ0v) is 21.3. The summed E-state index contributed by atoms with van der Waals surface area (Å²) in [5.74, 6) is 1.81. The van der Waals surface area contributed by atoms with Crippen molar-refractivity contribution < 1.29 is 22.3 Å². The van der Waals surface area contributed by atoms with Crippen LogP contribution in [0.15, 0.2) is 69.9 Å². The second kappa shape index (κ2) is 10.8. The van der Waals surface area contributed by atoms with Gasteiger partial charge in [-0.25, -0.2) is 0 Å². The largest absolute Gasteiger partial charge is 0.494 e. The van der Waals surface area contributed by atoms with Gasteiger partial charge in [0, 0.05) is 17.2 Å². The third-order valence-electron chi connectivity index (χ3n) is 5.94. The Morgan fingerprint density at radius 1 is 1.03 bits per heavy atom. The second-order valence-corrected chi connectivity index (χ2v) is 9.77. The van der Waals surface area contributed by atoms with Gasteiger partial charge in [-0.2, -0.15) is 22.7 Å². The van der Waals surface area contributed by atoms with E-state index in [2.05, 4.69) is 17.0 Å². The first-order valence-corrected chi connectivity index (χ1v) is 13.1. The number of furan rings is 1. The molecule has 0 bridgehead atoms. The molecule has 0 aliphatic heterocycles. The van der Waals surface area contributed by atoms with Crippen LogP contribution in [-0.4, -0.2) is 21.2 Å². The van der Waals surface area contributed by atoms with Crippen LogP contribution in [0.4, 0.5) is 13.2 Å². The van der Waals surface area contributed by atoms with Crippen molar-refractivity contribution in [2.45, 2.75) is 38.8 Å². The number of halogens is 3. The molecule has 5 rings (SSSR count). The SMILES string of the molecule is CCCCCCOc1ccc(-c2nc3sc(=Cc4ccc(-c5cccc(C(F)(F)F)c5)o4)c(=O)n3n2)cc1. The van der Waals surface area contributed by atoms with Crippen molar-refractivity contribution in [3.63, 3.8) is 0 Å². The summed E-state index contributed by atoms with van der Waals surface area (Å²) in [6, 6.07) is 15.5. The minimum absolute atomic E-state index is 0.268. The summed E-state index contributed by atoms with van der Waals surface area (Å²) < 4.78 is 52.2. The van der Waals surface area contributed by atoms with Crippen molar-refractivity contribution in [3.05, 3.63) is 86.9 Å². The molecule has 10 heteroatoms. The Balaban J connectivity index is 1.33. The lowest BCUT2D eigenvalue weighted by Gasteiger charge is -2.07. The van der Waals surface area contributed by atoms with Crippen LogP contribution in [0.2, 0.25) is 0 Å². The molecule has 2 aromatic carbocycles. The molecule has 0 amide bonds. The number of benzene rings is 2. The van der Waals surface area contributed by atoms with Crippen LogP contribution in [0, 0.1) is 0 Å². The third-order valence-corrected chi connectivity index (χ3v) is 6.89. The van der Waals surface area contributed by atoms with E-state index in [-0.39, 0.29) is 11.3 Å². The van der Waals surface area contributed by atoms with E-state index in [1.54, 1.807) is 12.1 Å². The topological polar surface area (TPSA) is 69.6 Å². The molecule has 0 aliphatic carbocycles. The van der Waals surface area contributed by atoms with Gasteiger partial charge in [-0.05, 0) is 55.0 Å². The summed E-state index contributed by atoms with van der Waals surface area (Å²) in [6.45, 7) is 2.85. The Labute approximate surface area is 220 Å². The first-order chi connectivity index (χ1) is 18.3. The first kappa shape index (κ1) is 25.7. The van der Waals surface area contributed by atoms with Crippen molar-refractivity contribution in [1.29, 1.82) is 0 Å². The lowest BCUT2D eigenvalue weighted by Crippen LogP contribution is -2.23. The van der Waals surface area contributed by atoms with Crippen molar-refractivity contribution >= 4 is 22.4 Å². The van der Waals surface area contributed by atoms with Crippen LogP contribution in [0.25, 0.3) is 33.7 Å². The van der Waals surface area contributed by atoms with Crippen molar-refractivity contribution in [3.8, 4) is 28.5 Å². The van der Waals surface area contributed by atoms with E-state index in [4.69, 9.17) is 9.15 Å². The fourth-order valence-electron chi connectivity index (χ4n) is 3.94. The number of rotatable bonds is 9. The number of hydrogen-bond donors (Lipinski definition) is 0. The van der Waals surface area contributed by atoms with Gasteiger partial charge in [-0.3, -0.25) is 4.79 Å². The normalized spacial score (nSPS) is 12.5. The molecular weight excluding hydrogens is 515 g/mol. The van der Waals surface area contributed by atoms with Gasteiger partial charge in [0.15, 0.2) is 5.82 Å². The Bertz CT molecular complexity index is 1650. The minimum Gasteiger partial charge on any atom is -0.494 e. The fraction of sp³-hybridized carbons (Fsp3) is 0.250. The Hall–Kier alpha value is -3.92. The maximum Gasteiger partial charge on any atom is 0.416 e. The summed E-state index contributed by atoms with van der Waals surface area (Å²) in [7, 11) is 0. The van der Waals surface area contributed by atoms with Crippen LogP contribution in [-0.2, 0) is 6.18 Å². The fourth-order valence-corrected chi connectivity index (χ4v) is 4.83. The van der Waals surface area contributed by atoms with Crippen molar-refractivity contribution in [2.75, 3.05) is 6.61 Å². The maximum absolute atomic E-state index is 13.0. The van der Waals surface area contributed by atoms with Crippen LogP contribution in [0.5, 0.6) is 5.75 Å². The molecule has 0 fully saturated rings. The number of alkyl halides is 3. The summed E-state index contributed by atoms with van der Waals surface area (Å²) in [4.78, 5) is 17.8. The predicted molar refractivity (Wildman–Crippen MR) is 140 cm³/mol. The monoisotopic (exact) mass is 539 g/mol. The van der Waals surface area contributed by atoms with E-state index in [1.807, 2.05) is 24.3 Å². The number of nitrogens with zero attached hydrogens (tertiary/aromatic N) is 3. The molecule has 5 aromatic rings. The van der Waals surface area contributed by atoms with Gasteiger partial charge >= 0.3 is 6.18 Å². The average molecular weight is 540 g/mol. The van der Waals surface area contributed by atoms with E-state index in [1.165, 1.54) is 35.6 Å². The average Bonchev–Trinajstić information content (AvgIpc) is 3.61. The molecule has 0 atom stereocenters. The molecule has 0 N–H and O–H groups in total. The minimum atomic E-state index is -4.45. The lowest BCUT2D eigenvalue weighted by atomic mass is 10.1. The Kier molecular flexibility index (Phi) is 7.33. The van der Waals surface area contributed by atoms with Gasteiger partial charge in [0.1, 0.15) is 21.8 Å². The summed E-state index contributed by atoms with van der Waals surface area (Å²) >= 11 is 1.15. The highest BCUT2D eigenvalue weighted by Gasteiger charge is 2.30. The third kappa shape index (κ3) is 5.65. The molecule has 6 nitrogen and oxygen atoms in total. The summed E-state index contributed by atoms with van der Waals surface area (Å²) in [5, 5.41) is 4.36.